The van der Waals surface area contributed by atoms with Crippen molar-refractivity contribution in [3.63, 3.8) is 0 Å². The maximum Gasteiger partial charge on any atom is 0.328 e. The van der Waals surface area contributed by atoms with E-state index in [1.165, 1.54) is 0 Å². The molecular formula is C10H15IN2O2. The average Bonchev–Trinajstić information content (AvgIpc) is 2.26. The molecule has 0 aliphatic carbocycles. The molecule has 0 bridgehead atoms. The third-order valence-corrected chi connectivity index (χ3v) is 2.66. The first-order valence-corrected chi connectivity index (χ1v) is 5.77. The summed E-state index contributed by atoms with van der Waals surface area (Å²) in [6.07, 6.45) is 1.83. The molecule has 0 aromatic carbocycles. The van der Waals surface area contributed by atoms with Gasteiger partial charge in [-0.15, -0.1) is 0 Å². The molecule has 0 fully saturated rings. The van der Waals surface area contributed by atoms with Gasteiger partial charge < -0.3 is 4.74 Å². The number of rotatable bonds is 2. The highest BCUT2D eigenvalue weighted by Gasteiger charge is 2.17. The van der Waals surface area contributed by atoms with Crippen LogP contribution in [-0.2, 0) is 16.1 Å². The van der Waals surface area contributed by atoms with Crippen LogP contribution in [0.25, 0.3) is 0 Å². The largest absolute Gasteiger partial charge is 0.459 e. The Balaban J connectivity index is 2.59. The van der Waals surface area contributed by atoms with Crippen molar-refractivity contribution >= 4 is 28.6 Å². The predicted molar refractivity (Wildman–Crippen MR) is 65.5 cm³/mol. The normalized spacial score (nSPS) is 11.5. The van der Waals surface area contributed by atoms with Crippen LogP contribution in [0.5, 0.6) is 0 Å². The van der Waals surface area contributed by atoms with Gasteiger partial charge in [0.1, 0.15) is 12.1 Å². The summed E-state index contributed by atoms with van der Waals surface area (Å²) in [4.78, 5) is 11.5. The molecule has 0 saturated heterocycles. The van der Waals surface area contributed by atoms with Gasteiger partial charge >= 0.3 is 5.97 Å². The zero-order chi connectivity index (χ0) is 11.6. The van der Waals surface area contributed by atoms with Gasteiger partial charge in [-0.2, -0.15) is 5.10 Å². The molecule has 1 rings (SSSR count). The van der Waals surface area contributed by atoms with E-state index < -0.39 is 5.60 Å². The lowest BCUT2D eigenvalue weighted by Crippen LogP contribution is -2.26. The first-order chi connectivity index (χ1) is 6.78. The van der Waals surface area contributed by atoms with Crippen LogP contribution in [0.15, 0.2) is 6.20 Å². The van der Waals surface area contributed by atoms with Crippen LogP contribution in [0, 0.1) is 10.5 Å². The third kappa shape index (κ3) is 4.19. The Morgan fingerprint density at radius 3 is 2.60 bits per heavy atom. The summed E-state index contributed by atoms with van der Waals surface area (Å²) in [7, 11) is 0. The van der Waals surface area contributed by atoms with Crippen LogP contribution in [0.3, 0.4) is 0 Å². The van der Waals surface area contributed by atoms with Gasteiger partial charge in [-0.1, -0.05) is 0 Å². The first-order valence-electron chi connectivity index (χ1n) is 4.69. The molecule has 0 aliphatic heterocycles. The number of carbonyl (C=O) groups is 1. The highest BCUT2D eigenvalue weighted by atomic mass is 127. The van der Waals surface area contributed by atoms with Crippen molar-refractivity contribution in [2.75, 3.05) is 0 Å². The molecule has 0 amide bonds. The molecule has 0 atom stereocenters. The van der Waals surface area contributed by atoms with Crippen molar-refractivity contribution in [2.45, 2.75) is 39.8 Å². The molecule has 5 heteroatoms. The zero-order valence-corrected chi connectivity index (χ0v) is 11.5. The van der Waals surface area contributed by atoms with E-state index >= 15 is 0 Å². The number of esters is 1. The number of ether oxygens (including phenoxy) is 1. The number of aryl methyl sites for hydroxylation is 1. The Hall–Kier alpha value is -0.590. The van der Waals surface area contributed by atoms with E-state index in [0.29, 0.717) is 0 Å². The fraction of sp³-hybridized carbons (Fsp3) is 0.600. The molecule has 0 aliphatic rings. The Kier molecular flexibility index (Phi) is 3.75. The van der Waals surface area contributed by atoms with Crippen LogP contribution in [-0.4, -0.2) is 21.4 Å². The van der Waals surface area contributed by atoms with Gasteiger partial charge in [-0.3, -0.25) is 9.48 Å². The second-order valence-electron chi connectivity index (χ2n) is 4.35. The monoisotopic (exact) mass is 322 g/mol. The van der Waals surface area contributed by atoms with Gasteiger partial charge in [0.15, 0.2) is 0 Å². The summed E-state index contributed by atoms with van der Waals surface area (Å²) >= 11 is 2.18. The lowest BCUT2D eigenvalue weighted by atomic mass is 10.2. The van der Waals surface area contributed by atoms with E-state index in [-0.39, 0.29) is 12.5 Å². The van der Waals surface area contributed by atoms with Gasteiger partial charge in [-0.05, 0) is 50.3 Å². The van der Waals surface area contributed by atoms with Crippen molar-refractivity contribution in [1.82, 2.24) is 9.78 Å². The Morgan fingerprint density at radius 2 is 2.20 bits per heavy atom. The summed E-state index contributed by atoms with van der Waals surface area (Å²) in [5.41, 5.74) is 0.492. The smallest absolute Gasteiger partial charge is 0.328 e. The Morgan fingerprint density at radius 1 is 1.60 bits per heavy atom. The number of hydrogen-bond acceptors (Lipinski definition) is 3. The highest BCUT2D eigenvalue weighted by molar-refractivity contribution is 14.1. The molecule has 0 saturated carbocycles. The van der Waals surface area contributed by atoms with Crippen molar-refractivity contribution in [3.05, 3.63) is 15.5 Å². The zero-order valence-electron chi connectivity index (χ0n) is 9.37. The van der Waals surface area contributed by atoms with Gasteiger partial charge in [-0.25, -0.2) is 0 Å². The van der Waals surface area contributed by atoms with Crippen LogP contribution >= 0.6 is 22.6 Å². The van der Waals surface area contributed by atoms with Crippen LogP contribution in [0.4, 0.5) is 0 Å². The molecular weight excluding hydrogens is 307 g/mol. The third-order valence-electron chi connectivity index (χ3n) is 1.60. The SMILES string of the molecule is Cc1nn(CC(=O)OC(C)(C)C)cc1I. The van der Waals surface area contributed by atoms with E-state index in [0.717, 1.165) is 9.26 Å². The van der Waals surface area contributed by atoms with Crippen molar-refractivity contribution < 1.29 is 9.53 Å². The Bertz CT molecular complexity index is 346. The van der Waals surface area contributed by atoms with Gasteiger partial charge in [0.2, 0.25) is 0 Å². The van der Waals surface area contributed by atoms with E-state index in [4.69, 9.17) is 4.74 Å². The second kappa shape index (κ2) is 4.51. The summed E-state index contributed by atoms with van der Waals surface area (Å²) in [5.74, 6) is -0.263. The predicted octanol–water partition coefficient (Wildman–Crippen LogP) is 2.14. The van der Waals surface area contributed by atoms with E-state index in [9.17, 15) is 4.79 Å². The van der Waals surface area contributed by atoms with Crippen molar-refractivity contribution in [1.29, 1.82) is 0 Å². The minimum atomic E-state index is -0.438. The highest BCUT2D eigenvalue weighted by Crippen LogP contribution is 2.10. The molecule has 0 unspecified atom stereocenters. The summed E-state index contributed by atoms with van der Waals surface area (Å²) in [6.45, 7) is 7.63. The molecule has 0 spiro atoms. The summed E-state index contributed by atoms with van der Waals surface area (Å²) in [5, 5.41) is 4.19. The minimum Gasteiger partial charge on any atom is -0.459 e. The number of aromatic nitrogens is 2. The molecule has 0 radical (unpaired) electrons. The molecule has 1 heterocycles. The molecule has 4 nitrogen and oxygen atoms in total. The lowest BCUT2D eigenvalue weighted by Gasteiger charge is -2.19. The summed E-state index contributed by atoms with van der Waals surface area (Å²) < 4.78 is 7.84. The first kappa shape index (κ1) is 12.5. The number of nitrogens with zero attached hydrogens (tertiary/aromatic N) is 2. The average molecular weight is 322 g/mol. The molecule has 1 aromatic rings. The summed E-state index contributed by atoms with van der Waals surface area (Å²) in [6, 6.07) is 0. The topological polar surface area (TPSA) is 44.1 Å². The number of hydrogen-bond donors (Lipinski definition) is 0. The van der Waals surface area contributed by atoms with Crippen molar-refractivity contribution in [2.24, 2.45) is 0 Å². The fourth-order valence-corrected chi connectivity index (χ4v) is 1.51. The fourth-order valence-electron chi connectivity index (χ4n) is 1.08. The minimum absolute atomic E-state index is 0.168. The van der Waals surface area contributed by atoms with Crippen LogP contribution in [0.1, 0.15) is 26.5 Å². The molecule has 15 heavy (non-hydrogen) atoms. The molecule has 84 valence electrons. The van der Waals surface area contributed by atoms with Crippen LogP contribution in [0.2, 0.25) is 0 Å². The Labute approximate surface area is 103 Å². The van der Waals surface area contributed by atoms with Gasteiger partial charge in [0.25, 0.3) is 0 Å². The van der Waals surface area contributed by atoms with Crippen molar-refractivity contribution in [3.8, 4) is 0 Å². The quantitative estimate of drug-likeness (QED) is 0.619. The van der Waals surface area contributed by atoms with E-state index in [1.807, 2.05) is 33.9 Å². The molecule has 0 N–H and O–H groups in total. The van der Waals surface area contributed by atoms with Gasteiger partial charge in [0.05, 0.1) is 9.26 Å². The lowest BCUT2D eigenvalue weighted by molar-refractivity contribution is -0.155. The van der Waals surface area contributed by atoms with E-state index in [1.54, 1.807) is 4.68 Å². The van der Waals surface area contributed by atoms with Crippen LogP contribution < -0.4 is 0 Å². The van der Waals surface area contributed by atoms with E-state index in [2.05, 4.69) is 27.7 Å². The standard InChI is InChI=1S/C10H15IN2O2/c1-7-8(11)5-13(12-7)6-9(14)15-10(2,3)4/h5H,6H2,1-4H3. The number of carbonyl (C=O) groups excluding carboxylic acids is 1. The maximum atomic E-state index is 11.5. The number of halogens is 1. The molecule has 1 aromatic heterocycles. The maximum absolute atomic E-state index is 11.5. The van der Waals surface area contributed by atoms with Gasteiger partial charge in [0, 0.05) is 6.20 Å². The second-order valence-corrected chi connectivity index (χ2v) is 5.51.